The molecule has 0 aromatic carbocycles. The Hall–Kier alpha value is -2.13. The van der Waals surface area contributed by atoms with Crippen LogP contribution in [0, 0.1) is 23.2 Å². The highest BCUT2D eigenvalue weighted by molar-refractivity contribution is 5.90. The van der Waals surface area contributed by atoms with E-state index >= 15 is 0 Å². The number of hydrogen-bond acceptors (Lipinski definition) is 3. The summed E-state index contributed by atoms with van der Waals surface area (Å²) >= 11 is 0. The number of aliphatic hydroxyl groups is 1. The smallest absolute Gasteiger partial charge is 0.334 e. The third kappa shape index (κ3) is 5.04. The molecule has 4 aliphatic rings. The summed E-state index contributed by atoms with van der Waals surface area (Å²) in [7, 11) is 0. The van der Waals surface area contributed by atoms with Gasteiger partial charge in [-0.3, -0.25) is 0 Å². The minimum absolute atomic E-state index is 0.167. The first-order chi connectivity index (χ1) is 15.8. The van der Waals surface area contributed by atoms with Gasteiger partial charge in [-0.15, -0.1) is 0 Å². The molecule has 3 saturated carbocycles. The lowest BCUT2D eigenvalue weighted by Crippen LogP contribution is -2.35. The van der Waals surface area contributed by atoms with E-state index in [1.165, 1.54) is 37.7 Å². The average Bonchev–Trinajstić information content (AvgIpc) is 3.30. The third-order valence-electron chi connectivity index (χ3n) is 8.76. The Morgan fingerprint density at radius 2 is 1.94 bits per heavy atom. The van der Waals surface area contributed by atoms with Crippen molar-refractivity contribution in [3.63, 3.8) is 0 Å². The van der Waals surface area contributed by atoms with Crippen LogP contribution < -0.4 is 0 Å². The molecule has 178 valence electrons. The quantitative estimate of drug-likeness (QED) is 0.286. The molecule has 3 aliphatic carbocycles. The predicted molar refractivity (Wildman–Crippen MR) is 134 cm³/mol. The van der Waals surface area contributed by atoms with E-state index in [-0.39, 0.29) is 18.2 Å². The van der Waals surface area contributed by atoms with Crippen LogP contribution >= 0.6 is 0 Å². The van der Waals surface area contributed by atoms with Crippen molar-refractivity contribution in [2.24, 2.45) is 23.2 Å². The SMILES string of the molecule is C=C1CC(/C=C/C=C/[C@@H](C)[C@H]2CC[C@H]3/C(=C/C=C4/CCC[C@H](O)C4=C)CCC[C@]23C)OC1=O. The first-order valence-electron chi connectivity index (χ1n) is 12.8. The molecule has 33 heavy (non-hydrogen) atoms. The summed E-state index contributed by atoms with van der Waals surface area (Å²) in [6.07, 6.45) is 22.4. The molecule has 1 N–H and O–H groups in total. The van der Waals surface area contributed by atoms with E-state index < -0.39 is 0 Å². The van der Waals surface area contributed by atoms with Crippen molar-refractivity contribution in [1.29, 1.82) is 0 Å². The molecule has 0 radical (unpaired) electrons. The normalized spacial score (nSPS) is 38.6. The van der Waals surface area contributed by atoms with Gasteiger partial charge in [0.25, 0.3) is 0 Å². The molecule has 0 aromatic heterocycles. The van der Waals surface area contributed by atoms with Crippen molar-refractivity contribution in [2.75, 3.05) is 0 Å². The van der Waals surface area contributed by atoms with E-state index in [4.69, 9.17) is 4.74 Å². The average molecular weight is 449 g/mol. The number of hydrogen-bond donors (Lipinski definition) is 1. The first kappa shape index (κ1) is 24.0. The fourth-order valence-electron chi connectivity index (χ4n) is 6.83. The maximum Gasteiger partial charge on any atom is 0.334 e. The topological polar surface area (TPSA) is 46.5 Å². The number of aliphatic hydroxyl groups excluding tert-OH is 1. The van der Waals surface area contributed by atoms with E-state index in [9.17, 15) is 9.90 Å². The Kier molecular flexibility index (Phi) is 7.28. The van der Waals surface area contributed by atoms with Gasteiger partial charge in [-0.1, -0.05) is 63.0 Å². The van der Waals surface area contributed by atoms with Crippen LogP contribution in [0.4, 0.5) is 0 Å². The van der Waals surface area contributed by atoms with Crippen molar-refractivity contribution < 1.29 is 14.6 Å². The zero-order valence-corrected chi connectivity index (χ0v) is 20.4. The molecule has 1 saturated heterocycles. The highest BCUT2D eigenvalue weighted by Gasteiger charge is 2.50. The van der Waals surface area contributed by atoms with Crippen molar-refractivity contribution in [3.8, 4) is 0 Å². The largest absolute Gasteiger partial charge is 0.454 e. The minimum atomic E-state index is -0.364. The van der Waals surface area contributed by atoms with E-state index in [1.54, 1.807) is 5.57 Å². The molecular weight excluding hydrogens is 408 g/mol. The fraction of sp³-hybridized carbons (Fsp3) is 0.567. The summed E-state index contributed by atoms with van der Waals surface area (Å²) in [5.74, 6) is 1.58. The summed E-state index contributed by atoms with van der Waals surface area (Å²) in [5.41, 5.74) is 4.67. The van der Waals surface area contributed by atoms with Gasteiger partial charge in [-0.05, 0) is 91.8 Å². The Labute approximate surface area is 199 Å². The van der Waals surface area contributed by atoms with Gasteiger partial charge >= 0.3 is 5.97 Å². The lowest BCUT2D eigenvalue weighted by molar-refractivity contribution is -0.137. The van der Waals surface area contributed by atoms with Crippen molar-refractivity contribution in [1.82, 2.24) is 0 Å². The number of carbonyl (C=O) groups excluding carboxylic acids is 1. The van der Waals surface area contributed by atoms with Crippen LogP contribution in [0.3, 0.4) is 0 Å². The number of allylic oxidation sites excluding steroid dienone is 6. The maximum atomic E-state index is 11.5. The molecule has 1 aliphatic heterocycles. The molecular formula is C30H40O3. The molecule has 1 heterocycles. The zero-order valence-electron chi connectivity index (χ0n) is 20.4. The minimum Gasteiger partial charge on any atom is -0.454 e. The molecule has 4 rings (SSSR count). The Balaban J connectivity index is 1.41. The van der Waals surface area contributed by atoms with Crippen LogP contribution in [0.5, 0.6) is 0 Å². The Morgan fingerprint density at radius 3 is 2.70 bits per heavy atom. The van der Waals surface area contributed by atoms with Gasteiger partial charge in [0.15, 0.2) is 0 Å². The van der Waals surface area contributed by atoms with Crippen LogP contribution in [-0.2, 0) is 9.53 Å². The van der Waals surface area contributed by atoms with Gasteiger partial charge in [-0.2, -0.15) is 0 Å². The number of fused-ring (bicyclic) bond motifs is 1. The van der Waals surface area contributed by atoms with Crippen LogP contribution in [0.2, 0.25) is 0 Å². The van der Waals surface area contributed by atoms with E-state index in [0.717, 1.165) is 24.8 Å². The second kappa shape index (κ2) is 10.0. The van der Waals surface area contributed by atoms with Crippen LogP contribution in [-0.4, -0.2) is 23.3 Å². The van der Waals surface area contributed by atoms with Crippen molar-refractivity contribution >= 4 is 5.97 Å². The van der Waals surface area contributed by atoms with Gasteiger partial charge in [0.05, 0.1) is 6.10 Å². The van der Waals surface area contributed by atoms with Gasteiger partial charge < -0.3 is 9.84 Å². The standard InChI is InChI=1S/C30H40O3/c1-20(9-5-6-12-25-19-21(2)29(32)33-25)26-16-17-27-24(11-8-18-30(26,27)4)15-14-23-10-7-13-28(31)22(23)3/h5-6,9,12,14-15,20,25-28,31H,2-3,7-8,10-11,13,16-19H2,1,4H3/b9-5+,12-6+,23-14-,24-15+/t20-,25?,26-,27+,28+,30-/m1/s1. The highest BCUT2D eigenvalue weighted by atomic mass is 16.5. The molecule has 0 spiro atoms. The monoisotopic (exact) mass is 448 g/mol. The molecule has 0 amide bonds. The second-order valence-corrected chi connectivity index (χ2v) is 10.8. The molecule has 1 unspecified atom stereocenters. The fourth-order valence-corrected chi connectivity index (χ4v) is 6.83. The molecule has 6 atom stereocenters. The molecule has 0 aromatic rings. The predicted octanol–water partition coefficient (Wildman–Crippen LogP) is 6.78. The van der Waals surface area contributed by atoms with Gasteiger partial charge in [0.2, 0.25) is 0 Å². The second-order valence-electron chi connectivity index (χ2n) is 10.8. The Bertz CT molecular complexity index is 901. The lowest BCUT2D eigenvalue weighted by atomic mass is 9.61. The third-order valence-corrected chi connectivity index (χ3v) is 8.76. The number of ether oxygens (including phenoxy) is 1. The number of cyclic esters (lactones) is 1. The molecule has 4 fully saturated rings. The highest BCUT2D eigenvalue weighted by Crippen LogP contribution is 2.59. The summed E-state index contributed by atoms with van der Waals surface area (Å²) in [6.45, 7) is 12.7. The van der Waals surface area contributed by atoms with Crippen LogP contribution in [0.1, 0.15) is 71.6 Å². The summed E-state index contributed by atoms with van der Waals surface area (Å²) in [4.78, 5) is 11.5. The maximum absolute atomic E-state index is 11.5. The van der Waals surface area contributed by atoms with Crippen LogP contribution in [0.25, 0.3) is 0 Å². The summed E-state index contributed by atoms with van der Waals surface area (Å²) in [5, 5.41) is 10.1. The lowest BCUT2D eigenvalue weighted by Gasteiger charge is -2.44. The molecule has 3 nitrogen and oxygen atoms in total. The Morgan fingerprint density at radius 1 is 1.12 bits per heavy atom. The van der Waals surface area contributed by atoms with Crippen molar-refractivity contribution in [3.05, 3.63) is 71.9 Å². The van der Waals surface area contributed by atoms with Gasteiger partial charge in [0.1, 0.15) is 6.10 Å². The summed E-state index contributed by atoms with van der Waals surface area (Å²) in [6, 6.07) is 0. The van der Waals surface area contributed by atoms with E-state index in [0.29, 0.717) is 35.2 Å². The first-order valence-corrected chi connectivity index (χ1v) is 12.8. The number of carbonyl (C=O) groups is 1. The van der Waals surface area contributed by atoms with Gasteiger partial charge in [-0.25, -0.2) is 4.79 Å². The number of esters is 1. The number of rotatable bonds is 5. The van der Waals surface area contributed by atoms with E-state index in [1.807, 2.05) is 12.2 Å². The molecule has 3 heteroatoms. The van der Waals surface area contributed by atoms with E-state index in [2.05, 4.69) is 51.3 Å². The zero-order chi connectivity index (χ0) is 23.6. The van der Waals surface area contributed by atoms with Gasteiger partial charge in [0, 0.05) is 12.0 Å². The van der Waals surface area contributed by atoms with Crippen LogP contribution in [0.15, 0.2) is 71.9 Å². The van der Waals surface area contributed by atoms with Crippen molar-refractivity contribution in [2.45, 2.75) is 83.8 Å². The molecule has 0 bridgehead atoms. The summed E-state index contributed by atoms with van der Waals surface area (Å²) < 4.78 is 5.27.